The van der Waals surface area contributed by atoms with Crippen LogP contribution in [0.4, 0.5) is 5.82 Å². The van der Waals surface area contributed by atoms with Crippen molar-refractivity contribution in [3.8, 4) is 11.4 Å². The second-order valence-corrected chi connectivity index (χ2v) is 4.85. The number of hydrogen-bond donors (Lipinski definition) is 1. The number of fused-ring (bicyclic) bond motifs is 1. The average Bonchev–Trinajstić information content (AvgIpc) is 2.76. The summed E-state index contributed by atoms with van der Waals surface area (Å²) in [5.74, 6) is 1.37. The van der Waals surface area contributed by atoms with Crippen molar-refractivity contribution < 1.29 is 0 Å². The summed E-state index contributed by atoms with van der Waals surface area (Å²) in [5, 5.41) is 5.19. The second-order valence-electron chi connectivity index (χ2n) is 4.04. The highest BCUT2D eigenvalue weighted by Crippen LogP contribution is 2.28. The summed E-state index contributed by atoms with van der Waals surface area (Å²) in [5.41, 5.74) is 7.10. The van der Waals surface area contributed by atoms with Crippen LogP contribution in [0.5, 0.6) is 0 Å². The van der Waals surface area contributed by atoms with Crippen LogP contribution in [-0.2, 0) is 0 Å². The molecule has 2 aromatic heterocycles. The van der Waals surface area contributed by atoms with E-state index in [1.165, 1.54) is 0 Å². The van der Waals surface area contributed by atoms with Crippen LogP contribution in [0.1, 0.15) is 5.82 Å². The number of nitrogens with two attached hydrogens (primary N) is 1. The number of anilines is 1. The van der Waals surface area contributed by atoms with Crippen LogP contribution in [0.3, 0.4) is 0 Å². The van der Waals surface area contributed by atoms with Gasteiger partial charge in [-0.15, -0.1) is 5.10 Å². The van der Waals surface area contributed by atoms with Crippen LogP contribution < -0.4 is 5.73 Å². The first-order valence-electron chi connectivity index (χ1n) is 5.50. The Hall–Kier alpha value is -1.85. The fourth-order valence-electron chi connectivity index (χ4n) is 1.84. The van der Waals surface area contributed by atoms with Crippen molar-refractivity contribution in [2.24, 2.45) is 0 Å². The molecule has 0 spiro atoms. The molecule has 96 valence electrons. The summed E-state index contributed by atoms with van der Waals surface area (Å²) in [6.45, 7) is 1.78. The van der Waals surface area contributed by atoms with Crippen molar-refractivity contribution in [2.75, 3.05) is 5.73 Å². The van der Waals surface area contributed by atoms with E-state index < -0.39 is 0 Å². The van der Waals surface area contributed by atoms with E-state index in [0.717, 1.165) is 5.56 Å². The van der Waals surface area contributed by atoms with Crippen LogP contribution >= 0.6 is 23.2 Å². The molecule has 0 aliphatic carbocycles. The Bertz CT molecular complexity index is 781. The third kappa shape index (κ3) is 2.01. The van der Waals surface area contributed by atoms with E-state index in [-0.39, 0.29) is 5.82 Å². The summed E-state index contributed by atoms with van der Waals surface area (Å²) in [7, 11) is 0. The Labute approximate surface area is 119 Å². The first-order chi connectivity index (χ1) is 9.06. The normalized spacial score (nSPS) is 11.1. The number of rotatable bonds is 1. The van der Waals surface area contributed by atoms with Gasteiger partial charge < -0.3 is 5.73 Å². The van der Waals surface area contributed by atoms with E-state index in [2.05, 4.69) is 15.1 Å². The van der Waals surface area contributed by atoms with E-state index >= 15 is 0 Å². The molecule has 0 saturated heterocycles. The maximum atomic E-state index is 6.09. The molecule has 0 atom stereocenters. The molecule has 0 aliphatic heterocycles. The zero-order valence-corrected chi connectivity index (χ0v) is 11.4. The van der Waals surface area contributed by atoms with E-state index in [9.17, 15) is 0 Å². The number of aromatic nitrogens is 4. The third-order valence-corrected chi connectivity index (χ3v) is 3.24. The maximum absolute atomic E-state index is 6.09. The Kier molecular flexibility index (Phi) is 2.80. The molecule has 0 amide bonds. The summed E-state index contributed by atoms with van der Waals surface area (Å²) < 4.78 is 1.57. The first-order valence-corrected chi connectivity index (χ1v) is 6.26. The van der Waals surface area contributed by atoms with Crippen molar-refractivity contribution in [1.29, 1.82) is 0 Å². The lowest BCUT2D eigenvalue weighted by Crippen LogP contribution is -2.03. The quantitative estimate of drug-likeness (QED) is 0.749. The minimum atomic E-state index is 0.219. The highest BCUT2D eigenvalue weighted by molar-refractivity contribution is 6.35. The molecule has 0 radical (unpaired) electrons. The Morgan fingerprint density at radius 2 is 2.00 bits per heavy atom. The molecule has 5 nitrogen and oxygen atoms in total. The van der Waals surface area contributed by atoms with Crippen LogP contribution in [0, 0.1) is 6.92 Å². The van der Waals surface area contributed by atoms with Gasteiger partial charge in [0.2, 0.25) is 0 Å². The van der Waals surface area contributed by atoms with Gasteiger partial charge in [0.25, 0.3) is 0 Å². The van der Waals surface area contributed by atoms with Gasteiger partial charge in [0.05, 0.1) is 0 Å². The lowest BCUT2D eigenvalue weighted by atomic mass is 10.2. The molecule has 0 unspecified atom stereocenters. The largest absolute Gasteiger partial charge is 0.382 e. The molecule has 2 heterocycles. The molecular weight excluding hydrogens is 285 g/mol. The van der Waals surface area contributed by atoms with Crippen molar-refractivity contribution in [3.05, 3.63) is 40.1 Å². The van der Waals surface area contributed by atoms with Crippen molar-refractivity contribution in [2.45, 2.75) is 6.92 Å². The van der Waals surface area contributed by atoms with Crippen molar-refractivity contribution in [1.82, 2.24) is 19.6 Å². The van der Waals surface area contributed by atoms with Crippen LogP contribution in [0.25, 0.3) is 17.0 Å². The van der Waals surface area contributed by atoms with Crippen LogP contribution in [0.2, 0.25) is 10.0 Å². The molecule has 3 aromatic rings. The molecule has 0 saturated carbocycles. The first kappa shape index (κ1) is 12.2. The monoisotopic (exact) mass is 293 g/mol. The van der Waals surface area contributed by atoms with Gasteiger partial charge in [-0.05, 0) is 19.1 Å². The van der Waals surface area contributed by atoms with Gasteiger partial charge in [-0.25, -0.2) is 9.97 Å². The molecule has 0 aliphatic rings. The lowest BCUT2D eigenvalue weighted by Gasteiger charge is -2.06. The Morgan fingerprint density at radius 3 is 2.74 bits per heavy atom. The van der Waals surface area contributed by atoms with E-state index in [4.69, 9.17) is 28.9 Å². The molecule has 0 bridgehead atoms. The summed E-state index contributed by atoms with van der Waals surface area (Å²) in [4.78, 5) is 8.52. The zero-order chi connectivity index (χ0) is 13.6. The molecule has 19 heavy (non-hydrogen) atoms. The zero-order valence-electron chi connectivity index (χ0n) is 9.93. The second kappa shape index (κ2) is 4.36. The summed E-state index contributed by atoms with van der Waals surface area (Å²) in [6, 6.07) is 7.28. The molecular formula is C12H9Cl2N5. The highest BCUT2D eigenvalue weighted by atomic mass is 35.5. The minimum Gasteiger partial charge on any atom is -0.382 e. The number of nitrogens with zero attached hydrogens (tertiary/aromatic N) is 4. The predicted octanol–water partition coefficient (Wildman–Crippen LogP) is 2.99. The number of hydrogen-bond acceptors (Lipinski definition) is 4. The van der Waals surface area contributed by atoms with Gasteiger partial charge in [0, 0.05) is 10.6 Å². The van der Waals surface area contributed by atoms with Gasteiger partial charge in [-0.2, -0.15) is 4.52 Å². The smallest absolute Gasteiger partial charge is 0.180 e. The number of benzene rings is 1. The number of nitrogen functional groups attached to an aromatic ring is 1. The summed E-state index contributed by atoms with van der Waals surface area (Å²) >= 11 is 12.1. The molecule has 1 aromatic carbocycles. The van der Waals surface area contributed by atoms with E-state index in [0.29, 0.717) is 27.3 Å². The van der Waals surface area contributed by atoms with E-state index in [1.54, 1.807) is 23.6 Å². The SMILES string of the molecule is Cc1nc2c(Cl)c(N)nc(-c3cccc(Cl)c3)n2n1. The van der Waals surface area contributed by atoms with Crippen molar-refractivity contribution in [3.63, 3.8) is 0 Å². The van der Waals surface area contributed by atoms with Gasteiger partial charge in [0.15, 0.2) is 11.5 Å². The Balaban J connectivity index is 2.38. The van der Waals surface area contributed by atoms with Crippen LogP contribution in [0.15, 0.2) is 24.3 Å². The number of halogens is 2. The van der Waals surface area contributed by atoms with Gasteiger partial charge in [0.1, 0.15) is 16.7 Å². The maximum Gasteiger partial charge on any atom is 0.180 e. The molecule has 3 rings (SSSR count). The van der Waals surface area contributed by atoms with Gasteiger partial charge in [-0.3, -0.25) is 0 Å². The minimum absolute atomic E-state index is 0.219. The fraction of sp³-hybridized carbons (Fsp3) is 0.0833. The number of aryl methyl sites for hydroxylation is 1. The van der Waals surface area contributed by atoms with Crippen LogP contribution in [-0.4, -0.2) is 19.6 Å². The fourth-order valence-corrected chi connectivity index (χ4v) is 2.20. The molecule has 2 N–H and O–H groups in total. The molecule has 7 heteroatoms. The predicted molar refractivity (Wildman–Crippen MR) is 75.4 cm³/mol. The topological polar surface area (TPSA) is 69.1 Å². The molecule has 0 fully saturated rings. The highest BCUT2D eigenvalue weighted by Gasteiger charge is 2.15. The lowest BCUT2D eigenvalue weighted by molar-refractivity contribution is 0.912. The van der Waals surface area contributed by atoms with E-state index in [1.807, 2.05) is 12.1 Å². The van der Waals surface area contributed by atoms with Crippen molar-refractivity contribution >= 4 is 34.7 Å². The van der Waals surface area contributed by atoms with Gasteiger partial charge >= 0.3 is 0 Å². The standard InChI is InChI=1S/C12H9Cl2N5/c1-6-16-12-9(14)10(15)17-11(19(12)18-6)7-3-2-4-8(13)5-7/h2-5H,15H2,1H3. The third-order valence-electron chi connectivity index (χ3n) is 2.64. The Morgan fingerprint density at radius 1 is 1.21 bits per heavy atom. The average molecular weight is 294 g/mol. The summed E-state index contributed by atoms with van der Waals surface area (Å²) in [6.07, 6.45) is 0. The van der Waals surface area contributed by atoms with Gasteiger partial charge in [-0.1, -0.05) is 35.3 Å².